The van der Waals surface area contributed by atoms with Crippen molar-refractivity contribution in [3.05, 3.63) is 114 Å². The van der Waals surface area contributed by atoms with Crippen LogP contribution in [0.1, 0.15) is 48.8 Å². The molecule has 1 N–H and O–H groups in total. The number of nitrogens with zero attached hydrogens (tertiary/aromatic N) is 2. The number of rotatable bonds is 15. The summed E-state index contributed by atoms with van der Waals surface area (Å²) in [6.45, 7) is 1.27. The third kappa shape index (κ3) is 9.40. The summed E-state index contributed by atoms with van der Waals surface area (Å²) in [5.74, 6) is 0.349. The molecule has 0 spiro atoms. The monoisotopic (exact) mass is 713 g/mol. The predicted molar refractivity (Wildman–Crippen MR) is 198 cm³/mol. The molecule has 0 radical (unpaired) electrons. The highest BCUT2D eigenvalue weighted by Crippen LogP contribution is 2.36. The van der Waals surface area contributed by atoms with Crippen LogP contribution in [0.4, 0.5) is 5.69 Å². The maximum atomic E-state index is 14.9. The fourth-order valence-corrected chi connectivity index (χ4v) is 7.82. The molecule has 0 heterocycles. The minimum Gasteiger partial charge on any atom is -0.497 e. The second-order valence-electron chi connectivity index (χ2n) is 12.8. The fraction of sp³-hybridized carbons (Fsp3) is 0.350. The van der Waals surface area contributed by atoms with Crippen LogP contribution in [-0.4, -0.2) is 65.1 Å². The molecular formula is C40H47N3O7S. The number of nitrogens with one attached hydrogen (secondary N) is 1. The van der Waals surface area contributed by atoms with Gasteiger partial charge in [-0.25, -0.2) is 8.42 Å². The number of methoxy groups -OCH3 is 3. The maximum absolute atomic E-state index is 14.9. The number of ether oxygens (including phenoxy) is 3. The summed E-state index contributed by atoms with van der Waals surface area (Å²) in [7, 11) is 0.136. The van der Waals surface area contributed by atoms with Crippen LogP contribution in [0.3, 0.4) is 0 Å². The first-order valence-electron chi connectivity index (χ1n) is 17.2. The first-order chi connectivity index (χ1) is 24.6. The van der Waals surface area contributed by atoms with Gasteiger partial charge in [0, 0.05) is 25.1 Å². The lowest BCUT2D eigenvalue weighted by molar-refractivity contribution is -0.140. The van der Waals surface area contributed by atoms with Gasteiger partial charge in [-0.05, 0) is 67.3 Å². The maximum Gasteiger partial charge on any atom is 0.264 e. The van der Waals surface area contributed by atoms with Crippen LogP contribution in [0, 0.1) is 6.92 Å². The minimum absolute atomic E-state index is 0.000922. The van der Waals surface area contributed by atoms with Crippen molar-refractivity contribution >= 4 is 27.5 Å². The Bertz CT molecular complexity index is 1880. The number of carbonyl (C=O) groups excluding carboxylic acids is 2. The van der Waals surface area contributed by atoms with Crippen LogP contribution < -0.4 is 23.8 Å². The predicted octanol–water partition coefficient (Wildman–Crippen LogP) is 6.31. The fourth-order valence-electron chi connectivity index (χ4n) is 6.41. The van der Waals surface area contributed by atoms with E-state index in [2.05, 4.69) is 5.32 Å². The quantitative estimate of drug-likeness (QED) is 0.154. The van der Waals surface area contributed by atoms with Gasteiger partial charge in [-0.15, -0.1) is 0 Å². The van der Waals surface area contributed by atoms with E-state index in [0.717, 1.165) is 53.1 Å². The zero-order valence-corrected chi connectivity index (χ0v) is 30.5. The van der Waals surface area contributed by atoms with Crippen LogP contribution in [0.2, 0.25) is 0 Å². The number of hydrogen-bond donors (Lipinski definition) is 1. The molecule has 4 aromatic carbocycles. The summed E-state index contributed by atoms with van der Waals surface area (Å²) in [5, 5.41) is 3.24. The normalized spacial score (nSPS) is 13.9. The van der Waals surface area contributed by atoms with Gasteiger partial charge in [0.2, 0.25) is 11.8 Å². The summed E-state index contributed by atoms with van der Waals surface area (Å²) in [6, 6.07) is 27.1. The molecule has 10 nitrogen and oxygen atoms in total. The van der Waals surface area contributed by atoms with E-state index in [1.54, 1.807) is 37.4 Å². The van der Waals surface area contributed by atoms with Gasteiger partial charge in [-0.2, -0.15) is 0 Å². The highest BCUT2D eigenvalue weighted by Gasteiger charge is 2.36. The Labute approximate surface area is 301 Å². The number of amides is 2. The van der Waals surface area contributed by atoms with Crippen LogP contribution in [0.5, 0.6) is 17.2 Å². The van der Waals surface area contributed by atoms with Crippen LogP contribution in [0.15, 0.2) is 102 Å². The van der Waals surface area contributed by atoms with Crippen molar-refractivity contribution in [1.29, 1.82) is 0 Å². The SMILES string of the molecule is COc1cccc(CN(C(=O)CN(c2cc(OC)ccc2OC)S(=O)(=O)c2ccc(C)cc2)[C@@H](Cc2ccccc2)C(=O)NC2CCCCC2)c1. The molecule has 0 unspecified atom stereocenters. The highest BCUT2D eigenvalue weighted by molar-refractivity contribution is 7.92. The number of carbonyl (C=O) groups is 2. The Morgan fingerprint density at radius 3 is 2.12 bits per heavy atom. The van der Waals surface area contributed by atoms with E-state index in [1.165, 1.54) is 37.3 Å². The number of hydrogen-bond acceptors (Lipinski definition) is 7. The van der Waals surface area contributed by atoms with E-state index < -0.39 is 28.5 Å². The zero-order valence-electron chi connectivity index (χ0n) is 29.7. The molecular weight excluding hydrogens is 667 g/mol. The number of aryl methyl sites for hydroxylation is 1. The van der Waals surface area contributed by atoms with Crippen molar-refractivity contribution < 1.29 is 32.2 Å². The van der Waals surface area contributed by atoms with E-state index in [4.69, 9.17) is 14.2 Å². The molecule has 5 rings (SSSR count). The van der Waals surface area contributed by atoms with Gasteiger partial charge in [0.1, 0.15) is 29.8 Å². The lowest BCUT2D eigenvalue weighted by Gasteiger charge is -2.35. The minimum atomic E-state index is -4.34. The molecule has 0 aromatic heterocycles. The van der Waals surface area contributed by atoms with E-state index in [0.29, 0.717) is 11.5 Å². The second kappa shape index (κ2) is 17.3. The van der Waals surface area contributed by atoms with Crippen LogP contribution in [-0.2, 0) is 32.6 Å². The van der Waals surface area contributed by atoms with Crippen molar-refractivity contribution in [2.75, 3.05) is 32.2 Å². The largest absolute Gasteiger partial charge is 0.497 e. The molecule has 1 aliphatic carbocycles. The number of anilines is 1. The lowest BCUT2D eigenvalue weighted by atomic mass is 9.94. The molecule has 11 heteroatoms. The summed E-state index contributed by atoms with van der Waals surface area (Å²) < 4.78 is 46.7. The Hall–Kier alpha value is -5.03. The lowest BCUT2D eigenvalue weighted by Crippen LogP contribution is -2.55. The molecule has 0 bridgehead atoms. The van der Waals surface area contributed by atoms with Gasteiger partial charge in [0.25, 0.3) is 10.0 Å². The van der Waals surface area contributed by atoms with Gasteiger partial charge < -0.3 is 24.4 Å². The third-order valence-corrected chi connectivity index (χ3v) is 11.0. The van der Waals surface area contributed by atoms with Crippen molar-refractivity contribution in [1.82, 2.24) is 10.2 Å². The first-order valence-corrected chi connectivity index (χ1v) is 18.6. The Morgan fingerprint density at radius 1 is 0.784 bits per heavy atom. The van der Waals surface area contributed by atoms with Gasteiger partial charge in [-0.3, -0.25) is 13.9 Å². The Balaban J connectivity index is 1.62. The molecule has 1 aliphatic rings. The summed E-state index contributed by atoms with van der Waals surface area (Å²) >= 11 is 0. The van der Waals surface area contributed by atoms with E-state index in [1.807, 2.05) is 55.5 Å². The van der Waals surface area contributed by atoms with Crippen molar-refractivity contribution in [3.63, 3.8) is 0 Å². The van der Waals surface area contributed by atoms with Crippen molar-refractivity contribution in [2.24, 2.45) is 0 Å². The molecule has 51 heavy (non-hydrogen) atoms. The molecule has 1 fully saturated rings. The summed E-state index contributed by atoms with van der Waals surface area (Å²) in [4.78, 5) is 30.8. The molecule has 1 saturated carbocycles. The Kier molecular flexibility index (Phi) is 12.6. The van der Waals surface area contributed by atoms with Gasteiger partial charge in [-0.1, -0.05) is 79.4 Å². The zero-order chi connectivity index (χ0) is 36.4. The van der Waals surface area contributed by atoms with Gasteiger partial charge in [0.05, 0.1) is 31.9 Å². The van der Waals surface area contributed by atoms with Crippen LogP contribution in [0.25, 0.3) is 0 Å². The Morgan fingerprint density at radius 2 is 1.45 bits per heavy atom. The molecule has 0 saturated heterocycles. The highest BCUT2D eigenvalue weighted by atomic mass is 32.2. The third-order valence-electron chi connectivity index (χ3n) is 9.25. The molecule has 0 aliphatic heterocycles. The molecule has 1 atom stereocenters. The standard InChI is InChI=1S/C40H47N3O7S/c1-29-18-21-35(22-19-29)51(46,47)43(36-26-34(49-3)20-23-38(36)50-4)28-39(44)42(27-31-14-11-17-33(24-31)48-2)37(25-30-12-7-5-8-13-30)40(45)41-32-15-9-6-10-16-32/h5,7-8,11-14,17-24,26,32,37H,6,9-10,15-16,25,27-28H2,1-4H3,(H,41,45)/t37-/m0/s1. The van der Waals surface area contributed by atoms with Crippen molar-refractivity contribution in [2.45, 2.75) is 69.0 Å². The average molecular weight is 714 g/mol. The van der Waals surface area contributed by atoms with Crippen LogP contribution >= 0.6 is 0 Å². The number of benzene rings is 4. The van der Waals surface area contributed by atoms with E-state index in [-0.39, 0.29) is 41.2 Å². The molecule has 2 amide bonds. The van der Waals surface area contributed by atoms with E-state index in [9.17, 15) is 18.0 Å². The second-order valence-corrected chi connectivity index (χ2v) is 14.6. The molecule has 270 valence electrons. The molecule has 4 aromatic rings. The number of sulfonamides is 1. The summed E-state index contributed by atoms with van der Waals surface area (Å²) in [5.41, 5.74) is 2.59. The topological polar surface area (TPSA) is 114 Å². The van der Waals surface area contributed by atoms with Gasteiger partial charge in [0.15, 0.2) is 0 Å². The van der Waals surface area contributed by atoms with Gasteiger partial charge >= 0.3 is 0 Å². The first kappa shape index (κ1) is 37.2. The smallest absolute Gasteiger partial charge is 0.264 e. The average Bonchev–Trinajstić information content (AvgIpc) is 3.15. The van der Waals surface area contributed by atoms with E-state index >= 15 is 0 Å². The summed E-state index contributed by atoms with van der Waals surface area (Å²) in [6.07, 6.45) is 5.13. The van der Waals surface area contributed by atoms with Crippen molar-refractivity contribution in [3.8, 4) is 17.2 Å².